The molecule has 6 aromatic rings. The van der Waals surface area contributed by atoms with Crippen molar-refractivity contribution in [3.05, 3.63) is 186 Å². The number of rotatable bonds is 6. The molecular formula is C40H35N4P. The van der Waals surface area contributed by atoms with Crippen molar-refractivity contribution in [1.29, 1.82) is 0 Å². The molecule has 0 bridgehead atoms. The molecule has 8 rings (SSSR count). The van der Waals surface area contributed by atoms with Crippen molar-refractivity contribution in [2.24, 2.45) is 0 Å². The first-order valence-corrected chi connectivity index (χ1v) is 17.3. The predicted molar refractivity (Wildman–Crippen MR) is 190 cm³/mol. The summed E-state index contributed by atoms with van der Waals surface area (Å²) in [6, 6.07) is 59.5. The molecule has 0 aliphatic carbocycles. The van der Waals surface area contributed by atoms with Crippen molar-refractivity contribution >= 4 is 40.4 Å². The van der Waals surface area contributed by atoms with Crippen LogP contribution in [0.25, 0.3) is 5.32 Å². The number of nitrogens with one attached hydrogen (secondary N) is 1. The second-order valence-corrected chi connectivity index (χ2v) is 15.0. The number of para-hydroxylation sites is 2. The Bertz CT molecular complexity index is 1830. The summed E-state index contributed by atoms with van der Waals surface area (Å²) in [7, 11) is -2.64. The Balaban J connectivity index is 1.52. The van der Waals surface area contributed by atoms with E-state index in [2.05, 4.69) is 186 Å². The summed E-state index contributed by atoms with van der Waals surface area (Å²) in [5, 5.41) is 13.7. The van der Waals surface area contributed by atoms with Crippen LogP contribution in [0, 0.1) is 6.92 Å². The van der Waals surface area contributed by atoms with Gasteiger partial charge < -0.3 is 10.6 Å². The van der Waals surface area contributed by atoms with Gasteiger partial charge in [-0.3, -0.25) is 4.90 Å². The van der Waals surface area contributed by atoms with E-state index in [4.69, 9.17) is 5.32 Å². The highest BCUT2D eigenvalue weighted by atomic mass is 31.2. The van der Waals surface area contributed by atoms with Gasteiger partial charge in [0, 0.05) is 18.8 Å². The third kappa shape index (κ3) is 4.52. The first-order valence-electron chi connectivity index (χ1n) is 15.5. The molecule has 0 aromatic heterocycles. The summed E-state index contributed by atoms with van der Waals surface area (Å²) in [5.74, 6) is -0.937. The highest BCUT2D eigenvalue weighted by Gasteiger charge is 2.61. The van der Waals surface area contributed by atoms with Gasteiger partial charge in [0.2, 0.25) is 7.41 Å². The lowest BCUT2D eigenvalue weighted by Gasteiger charge is -2.66. The number of nitrogens with zero attached hydrogens (tertiary/aromatic N) is 3. The summed E-state index contributed by atoms with van der Waals surface area (Å²) < 4.78 is 2.68. The molecule has 1 unspecified atom stereocenters. The van der Waals surface area contributed by atoms with Crippen LogP contribution in [0.15, 0.2) is 164 Å². The second kappa shape index (κ2) is 11.2. The van der Waals surface area contributed by atoms with Crippen LogP contribution < -0.4 is 25.9 Å². The first-order chi connectivity index (χ1) is 22.2. The Kier molecular flexibility index (Phi) is 6.90. The number of hydrogen-bond acceptors (Lipinski definition) is 3. The van der Waals surface area contributed by atoms with Crippen LogP contribution in [0.1, 0.15) is 16.7 Å². The fraction of sp³-hybridized carbons (Fsp3) is 0.100. The number of benzene rings is 6. The van der Waals surface area contributed by atoms with Gasteiger partial charge in [-0.05, 0) is 66.6 Å². The zero-order chi connectivity index (χ0) is 30.3. The summed E-state index contributed by atoms with van der Waals surface area (Å²) in [5.41, 5.74) is 7.03. The second-order valence-electron chi connectivity index (χ2n) is 11.8. The minimum Gasteiger partial charge on any atom is -0.629 e. The van der Waals surface area contributed by atoms with Crippen LogP contribution in [-0.2, 0) is 13.1 Å². The molecule has 2 aliphatic rings. The molecule has 4 nitrogen and oxygen atoms in total. The van der Waals surface area contributed by atoms with Crippen LogP contribution in [0.5, 0.6) is 0 Å². The minimum atomic E-state index is -2.64. The van der Waals surface area contributed by atoms with Gasteiger partial charge in [-0.25, -0.2) is 4.67 Å². The van der Waals surface area contributed by atoms with E-state index in [1.165, 1.54) is 38.3 Å². The highest BCUT2D eigenvalue weighted by Crippen LogP contribution is 2.67. The van der Waals surface area contributed by atoms with Crippen LogP contribution in [-0.4, -0.2) is 10.8 Å². The number of anilines is 2. The lowest BCUT2D eigenvalue weighted by Crippen LogP contribution is -2.70. The fourth-order valence-electron chi connectivity index (χ4n) is 6.97. The maximum absolute atomic E-state index is 5.80. The molecule has 0 radical (unpaired) electrons. The Labute approximate surface area is 266 Å². The van der Waals surface area contributed by atoms with E-state index in [1.807, 2.05) is 0 Å². The van der Waals surface area contributed by atoms with Crippen molar-refractivity contribution in [3.63, 3.8) is 0 Å². The van der Waals surface area contributed by atoms with E-state index in [-0.39, 0.29) is 0 Å². The molecule has 0 fully saturated rings. The van der Waals surface area contributed by atoms with E-state index in [0.717, 1.165) is 24.5 Å². The molecule has 0 amide bonds. The molecule has 5 heteroatoms. The van der Waals surface area contributed by atoms with Gasteiger partial charge in [0.15, 0.2) is 0 Å². The molecule has 2 heterocycles. The topological polar surface area (TPSA) is 32.6 Å². The molecule has 6 aromatic carbocycles. The van der Waals surface area contributed by atoms with Crippen molar-refractivity contribution in [3.8, 4) is 0 Å². The third-order valence-electron chi connectivity index (χ3n) is 9.01. The van der Waals surface area contributed by atoms with Gasteiger partial charge >= 0.3 is 0 Å². The lowest BCUT2D eigenvalue weighted by atomic mass is 10.0. The van der Waals surface area contributed by atoms with E-state index in [9.17, 15) is 0 Å². The van der Waals surface area contributed by atoms with E-state index in [1.54, 1.807) is 0 Å². The van der Waals surface area contributed by atoms with Crippen LogP contribution >= 0.6 is 7.41 Å². The smallest absolute Gasteiger partial charge is 0.204 e. The Morgan fingerprint density at radius 1 is 0.556 bits per heavy atom. The standard InChI is InChI=1S/C40H35N4P/c1-31-25-27-34(28-26-31)41-40-42-38-23-13-11-15-32(38)29-43(40)30-33-16-12-14-24-39(33)44(40)45(35-17-5-2-6-18-35,36-19-7-3-8-20-36)37-21-9-4-10-22-37/h2-28,42H,29-30H2,1H3. The lowest BCUT2D eigenvalue weighted by molar-refractivity contribution is 0.120. The molecule has 0 saturated heterocycles. The van der Waals surface area contributed by atoms with Gasteiger partial charge in [0.1, 0.15) is 21.8 Å². The number of aryl methyl sites for hydroxylation is 1. The third-order valence-corrected chi connectivity index (χ3v) is 13.2. The summed E-state index contributed by atoms with van der Waals surface area (Å²) in [6.45, 7) is 3.66. The molecule has 1 atom stereocenters. The van der Waals surface area contributed by atoms with Crippen molar-refractivity contribution in [2.75, 3.05) is 9.99 Å². The normalized spacial score (nSPS) is 17.4. The van der Waals surface area contributed by atoms with E-state index >= 15 is 0 Å². The first kappa shape index (κ1) is 27.6. The highest BCUT2D eigenvalue weighted by molar-refractivity contribution is 7.97. The molecule has 220 valence electrons. The monoisotopic (exact) mass is 602 g/mol. The summed E-state index contributed by atoms with van der Waals surface area (Å²) >= 11 is 0. The predicted octanol–water partition coefficient (Wildman–Crippen LogP) is 8.47. The molecule has 0 saturated carbocycles. The fourth-order valence-corrected chi connectivity index (χ4v) is 11.5. The Morgan fingerprint density at radius 3 is 1.64 bits per heavy atom. The van der Waals surface area contributed by atoms with Gasteiger partial charge in [-0.1, -0.05) is 121 Å². The molecule has 2 aliphatic heterocycles. The van der Waals surface area contributed by atoms with Gasteiger partial charge in [-0.15, -0.1) is 5.69 Å². The number of hydrogen-bond donors (Lipinski definition) is 1. The largest absolute Gasteiger partial charge is 0.629 e. The van der Waals surface area contributed by atoms with Crippen molar-refractivity contribution in [2.45, 2.75) is 25.9 Å². The Morgan fingerprint density at radius 2 is 1.04 bits per heavy atom. The van der Waals surface area contributed by atoms with Crippen LogP contribution in [0.2, 0.25) is 0 Å². The maximum Gasteiger partial charge on any atom is 0.204 e. The Hall–Kier alpha value is -4.89. The summed E-state index contributed by atoms with van der Waals surface area (Å²) in [6.07, 6.45) is 0. The summed E-state index contributed by atoms with van der Waals surface area (Å²) in [4.78, 5) is 2.53. The average molecular weight is 603 g/mol. The maximum atomic E-state index is 5.80. The zero-order valence-corrected chi connectivity index (χ0v) is 26.2. The molecule has 0 spiro atoms. The zero-order valence-electron chi connectivity index (χ0n) is 25.3. The molecule has 1 N–H and O–H groups in total. The van der Waals surface area contributed by atoms with Crippen molar-refractivity contribution in [1.82, 2.24) is 4.90 Å². The van der Waals surface area contributed by atoms with Crippen LogP contribution in [0.3, 0.4) is 0 Å². The minimum absolute atomic E-state index is 0.766. The van der Waals surface area contributed by atoms with E-state index in [0.29, 0.717) is 0 Å². The SMILES string of the molecule is Cc1ccc([N-]C23Nc4ccccc4CN2Cc2ccccc2N3[P+](c2ccccc2)(c2ccccc2)c2ccccc2)cc1. The van der Waals surface area contributed by atoms with Crippen LogP contribution in [0.4, 0.5) is 17.1 Å². The average Bonchev–Trinajstić information content (AvgIpc) is 3.10. The molecule has 45 heavy (non-hydrogen) atoms. The van der Waals surface area contributed by atoms with E-state index < -0.39 is 13.3 Å². The molecular weight excluding hydrogens is 567 g/mol. The van der Waals surface area contributed by atoms with Gasteiger partial charge in [0.05, 0.1) is 5.69 Å². The van der Waals surface area contributed by atoms with Gasteiger partial charge in [-0.2, -0.15) is 0 Å². The van der Waals surface area contributed by atoms with Crippen molar-refractivity contribution < 1.29 is 0 Å². The van der Waals surface area contributed by atoms with Gasteiger partial charge in [0.25, 0.3) is 0 Å². The quantitative estimate of drug-likeness (QED) is 0.194. The number of fused-ring (bicyclic) bond motifs is 3.